The second-order valence-corrected chi connectivity index (χ2v) is 11.7. The average molecular weight is 511 g/mol. The molecule has 0 aliphatic carbocycles. The number of hydrogen-bond acceptors (Lipinski definition) is 6. The van der Waals surface area contributed by atoms with Crippen LogP contribution in [-0.2, 0) is 28.3 Å². The summed E-state index contributed by atoms with van der Waals surface area (Å²) in [6, 6.07) is 8.62. The summed E-state index contributed by atoms with van der Waals surface area (Å²) in [5, 5.41) is 9.66. The Kier molecular flexibility index (Phi) is 13.0. The van der Waals surface area contributed by atoms with E-state index in [2.05, 4.69) is 18.2 Å². The molecule has 1 aromatic carbocycles. The van der Waals surface area contributed by atoms with E-state index in [0.717, 1.165) is 32.1 Å². The summed E-state index contributed by atoms with van der Waals surface area (Å²) in [4.78, 5) is 28.4. The first-order valence-electron chi connectivity index (χ1n) is 11.4. The zero-order chi connectivity index (χ0) is 25.1. The molecule has 4 atom stereocenters. The van der Waals surface area contributed by atoms with E-state index in [1.165, 1.54) is 0 Å². The summed E-state index contributed by atoms with van der Waals surface area (Å²) in [7, 11) is -10.5. The molecule has 0 amide bonds. The highest BCUT2D eigenvalue weighted by Gasteiger charge is 2.48. The smallest absolute Gasteiger partial charge is 0.391 e. The number of hydrogen-bond donors (Lipinski definition) is 4. The zero-order valence-electron chi connectivity index (χ0n) is 20.0. The summed E-state index contributed by atoms with van der Waals surface area (Å²) < 4.78 is 39.3. The van der Waals surface area contributed by atoms with Crippen molar-refractivity contribution in [1.29, 1.82) is 0 Å². The summed E-state index contributed by atoms with van der Waals surface area (Å²) in [6.07, 6.45) is 4.44. The second-order valence-electron chi connectivity index (χ2n) is 8.91. The normalized spacial score (nSPS) is 18.0. The van der Waals surface area contributed by atoms with Gasteiger partial charge in [0.25, 0.3) is 0 Å². The number of phosphoric acid groups is 2. The van der Waals surface area contributed by atoms with Crippen LogP contribution in [0.3, 0.4) is 0 Å². The SMILES string of the molecule is CC(C)CCCCCCCC(OP(=O)(O)OP(=O)(O)O)(c1ccccc1)C(C)OCC(C)O. The molecule has 1 rings (SSSR count). The molecule has 1 aromatic rings. The number of phosphoric ester groups is 1. The van der Waals surface area contributed by atoms with Crippen LogP contribution in [0.2, 0.25) is 0 Å². The predicted molar refractivity (Wildman–Crippen MR) is 126 cm³/mol. The Morgan fingerprint density at radius 1 is 0.909 bits per heavy atom. The highest BCUT2D eigenvalue weighted by molar-refractivity contribution is 7.60. The molecule has 0 fully saturated rings. The number of rotatable bonds is 17. The average Bonchev–Trinajstić information content (AvgIpc) is 2.68. The molecule has 0 aromatic heterocycles. The van der Waals surface area contributed by atoms with Crippen molar-refractivity contribution in [2.24, 2.45) is 5.92 Å². The molecular weight excluding hydrogens is 470 g/mol. The minimum Gasteiger partial charge on any atom is -0.391 e. The number of unbranched alkanes of at least 4 members (excludes halogenated alkanes) is 4. The lowest BCUT2D eigenvalue weighted by Gasteiger charge is -2.40. The van der Waals surface area contributed by atoms with E-state index < -0.39 is 33.5 Å². The minimum atomic E-state index is -5.30. The minimum absolute atomic E-state index is 0.0522. The van der Waals surface area contributed by atoms with Crippen LogP contribution in [0.4, 0.5) is 0 Å². The van der Waals surface area contributed by atoms with Gasteiger partial charge in [0.1, 0.15) is 5.60 Å². The van der Waals surface area contributed by atoms with Crippen molar-refractivity contribution < 1.29 is 42.5 Å². The summed E-state index contributed by atoms with van der Waals surface area (Å²) in [5.74, 6) is 0.656. The zero-order valence-corrected chi connectivity index (χ0v) is 21.8. The van der Waals surface area contributed by atoms with Crippen molar-refractivity contribution >= 4 is 15.6 Å². The topological polar surface area (TPSA) is 143 Å². The van der Waals surface area contributed by atoms with Crippen LogP contribution in [0.15, 0.2) is 30.3 Å². The van der Waals surface area contributed by atoms with Gasteiger partial charge in [-0.05, 0) is 31.7 Å². The molecule has 0 aliphatic heterocycles. The van der Waals surface area contributed by atoms with Crippen molar-refractivity contribution in [3.8, 4) is 0 Å². The van der Waals surface area contributed by atoms with Crippen LogP contribution < -0.4 is 0 Å². The van der Waals surface area contributed by atoms with Gasteiger partial charge < -0.3 is 24.5 Å². The van der Waals surface area contributed by atoms with Crippen LogP contribution in [0, 0.1) is 5.92 Å². The second kappa shape index (κ2) is 14.1. The van der Waals surface area contributed by atoms with Gasteiger partial charge >= 0.3 is 15.6 Å². The molecule has 4 N–H and O–H groups in total. The molecule has 0 bridgehead atoms. The van der Waals surface area contributed by atoms with Crippen LogP contribution in [0.25, 0.3) is 0 Å². The van der Waals surface area contributed by atoms with Gasteiger partial charge in [0.2, 0.25) is 0 Å². The van der Waals surface area contributed by atoms with Gasteiger partial charge in [-0.2, -0.15) is 4.31 Å². The van der Waals surface area contributed by atoms with Crippen molar-refractivity contribution in [2.75, 3.05) is 6.61 Å². The third kappa shape index (κ3) is 12.1. The third-order valence-corrected chi connectivity index (χ3v) is 7.56. The fraction of sp³-hybridized carbons (Fsp3) is 0.727. The standard InChI is InChI=1S/C22H40O9P2/c1-18(2)13-9-6-5-7-12-16-22(20(4)29-17-19(3)23,21-14-10-8-11-15-21)30-33(27,28)31-32(24,25)26/h8,10-11,14-15,18-20,23H,5-7,9,12-13,16-17H2,1-4H3,(H,27,28)(H2,24,25,26). The molecule has 11 heteroatoms. The first-order chi connectivity index (χ1) is 15.3. The predicted octanol–water partition coefficient (Wildman–Crippen LogP) is 5.28. The van der Waals surface area contributed by atoms with Crippen molar-refractivity contribution in [3.63, 3.8) is 0 Å². The Morgan fingerprint density at radius 2 is 1.48 bits per heavy atom. The Morgan fingerprint density at radius 3 is 2.03 bits per heavy atom. The van der Waals surface area contributed by atoms with Gasteiger partial charge in [0, 0.05) is 0 Å². The van der Waals surface area contributed by atoms with E-state index in [1.807, 2.05) is 0 Å². The van der Waals surface area contributed by atoms with E-state index in [-0.39, 0.29) is 13.0 Å². The van der Waals surface area contributed by atoms with Crippen molar-refractivity contribution in [1.82, 2.24) is 0 Å². The Balaban J connectivity index is 3.15. The molecule has 192 valence electrons. The van der Waals surface area contributed by atoms with E-state index >= 15 is 0 Å². The first kappa shape index (κ1) is 30.4. The summed E-state index contributed by atoms with van der Waals surface area (Å²) in [5.41, 5.74) is -1.03. The molecule has 0 saturated carbocycles. The van der Waals surface area contributed by atoms with Gasteiger partial charge in [0.05, 0.1) is 18.8 Å². The first-order valence-corrected chi connectivity index (χ1v) is 14.5. The number of ether oxygens (including phenoxy) is 1. The molecule has 0 saturated heterocycles. The maximum Gasteiger partial charge on any atom is 0.482 e. The maximum atomic E-state index is 12.6. The van der Waals surface area contributed by atoms with Crippen molar-refractivity contribution in [3.05, 3.63) is 35.9 Å². The van der Waals surface area contributed by atoms with E-state index in [4.69, 9.17) is 19.0 Å². The molecule has 0 spiro atoms. The third-order valence-electron chi connectivity index (χ3n) is 5.32. The Hall–Kier alpha value is -0.600. The van der Waals surface area contributed by atoms with E-state index in [0.29, 0.717) is 17.9 Å². The molecule has 0 heterocycles. The lowest BCUT2D eigenvalue weighted by atomic mass is 9.83. The monoisotopic (exact) mass is 510 g/mol. The largest absolute Gasteiger partial charge is 0.482 e. The summed E-state index contributed by atoms with van der Waals surface area (Å²) in [6.45, 7) is 7.50. The van der Waals surface area contributed by atoms with Gasteiger partial charge in [0.15, 0.2) is 0 Å². The molecule has 4 unspecified atom stereocenters. The number of aliphatic hydroxyl groups excluding tert-OH is 1. The van der Waals surface area contributed by atoms with Gasteiger partial charge in [-0.15, -0.1) is 0 Å². The molecule has 0 aliphatic rings. The van der Waals surface area contributed by atoms with Gasteiger partial charge in [-0.3, -0.25) is 4.52 Å². The number of aliphatic hydroxyl groups is 1. The molecule has 0 radical (unpaired) electrons. The maximum absolute atomic E-state index is 12.6. The van der Waals surface area contributed by atoms with Crippen LogP contribution in [-0.4, -0.2) is 38.6 Å². The Bertz CT molecular complexity index is 766. The fourth-order valence-electron chi connectivity index (χ4n) is 3.72. The highest BCUT2D eigenvalue weighted by atomic mass is 31.3. The van der Waals surface area contributed by atoms with Crippen LogP contribution in [0.1, 0.15) is 78.2 Å². The van der Waals surface area contributed by atoms with Gasteiger partial charge in [-0.25, -0.2) is 9.13 Å². The van der Waals surface area contributed by atoms with Crippen LogP contribution in [0.5, 0.6) is 0 Å². The lowest BCUT2D eigenvalue weighted by Crippen LogP contribution is -2.42. The Labute approximate surface area is 197 Å². The molecule has 33 heavy (non-hydrogen) atoms. The summed E-state index contributed by atoms with van der Waals surface area (Å²) >= 11 is 0. The quantitative estimate of drug-likeness (QED) is 0.163. The highest BCUT2D eigenvalue weighted by Crippen LogP contribution is 2.62. The van der Waals surface area contributed by atoms with E-state index in [9.17, 15) is 19.1 Å². The lowest BCUT2D eigenvalue weighted by molar-refractivity contribution is -0.118. The van der Waals surface area contributed by atoms with Crippen LogP contribution >= 0.6 is 15.6 Å². The van der Waals surface area contributed by atoms with Crippen molar-refractivity contribution in [2.45, 2.75) is 90.4 Å². The van der Waals surface area contributed by atoms with Gasteiger partial charge in [-0.1, -0.05) is 82.7 Å². The molecule has 9 nitrogen and oxygen atoms in total. The molecular formula is C22H40O9P2. The van der Waals surface area contributed by atoms with E-state index in [1.54, 1.807) is 44.2 Å². The number of benzene rings is 1. The fourth-order valence-corrected chi connectivity index (χ4v) is 5.69.